The summed E-state index contributed by atoms with van der Waals surface area (Å²) >= 11 is 3.56. The summed E-state index contributed by atoms with van der Waals surface area (Å²) in [5.74, 6) is 0. The summed E-state index contributed by atoms with van der Waals surface area (Å²) in [5, 5.41) is 0. The van der Waals surface area contributed by atoms with Crippen LogP contribution >= 0.6 is 15.9 Å². The van der Waals surface area contributed by atoms with Gasteiger partial charge in [0.1, 0.15) is 0 Å². The molecule has 0 aromatic rings. The van der Waals surface area contributed by atoms with Gasteiger partial charge in [0.05, 0.1) is 6.10 Å². The molecular formula is C11H16BrF3O. The molecule has 3 atom stereocenters. The van der Waals surface area contributed by atoms with Crippen molar-refractivity contribution in [3.8, 4) is 0 Å². The average Bonchev–Trinajstić information content (AvgIpc) is 2.66. The molecular weight excluding hydrogens is 285 g/mol. The van der Waals surface area contributed by atoms with E-state index >= 15 is 0 Å². The monoisotopic (exact) mass is 300 g/mol. The van der Waals surface area contributed by atoms with Crippen molar-refractivity contribution in [2.45, 2.75) is 62.2 Å². The van der Waals surface area contributed by atoms with E-state index in [0.717, 1.165) is 32.6 Å². The Labute approximate surface area is 102 Å². The summed E-state index contributed by atoms with van der Waals surface area (Å²) < 4.78 is 42.4. The first-order valence-electron chi connectivity index (χ1n) is 5.72. The Bertz CT molecular complexity index is 260. The van der Waals surface area contributed by atoms with Gasteiger partial charge in [-0.15, -0.1) is 0 Å². The Morgan fingerprint density at radius 3 is 2.31 bits per heavy atom. The lowest BCUT2D eigenvalue weighted by Crippen LogP contribution is -2.55. The Morgan fingerprint density at radius 2 is 1.88 bits per heavy atom. The molecule has 94 valence electrons. The van der Waals surface area contributed by atoms with Crippen molar-refractivity contribution in [2.75, 3.05) is 0 Å². The smallest absolute Gasteiger partial charge is 0.365 e. The predicted molar refractivity (Wildman–Crippen MR) is 58.6 cm³/mol. The SMILES string of the molecule is CC(OC1CC(Br)C12CCCC2)C(F)(F)F. The van der Waals surface area contributed by atoms with Crippen LogP contribution in [-0.4, -0.2) is 23.2 Å². The maximum atomic E-state index is 12.4. The lowest BCUT2D eigenvalue weighted by atomic mass is 9.64. The fourth-order valence-electron chi connectivity index (χ4n) is 2.88. The largest absolute Gasteiger partial charge is 0.414 e. The Morgan fingerprint density at radius 1 is 1.31 bits per heavy atom. The molecule has 1 spiro atoms. The first-order valence-corrected chi connectivity index (χ1v) is 6.64. The van der Waals surface area contributed by atoms with Crippen LogP contribution in [0.1, 0.15) is 39.0 Å². The zero-order valence-corrected chi connectivity index (χ0v) is 10.8. The van der Waals surface area contributed by atoms with Gasteiger partial charge >= 0.3 is 6.18 Å². The van der Waals surface area contributed by atoms with Crippen LogP contribution in [0.2, 0.25) is 0 Å². The number of rotatable bonds is 2. The third kappa shape index (κ3) is 2.01. The highest BCUT2D eigenvalue weighted by molar-refractivity contribution is 9.09. The molecule has 1 nitrogen and oxygen atoms in total. The summed E-state index contributed by atoms with van der Waals surface area (Å²) in [6.45, 7) is 1.10. The maximum Gasteiger partial charge on any atom is 0.414 e. The molecule has 0 N–H and O–H groups in total. The molecule has 0 heterocycles. The van der Waals surface area contributed by atoms with E-state index in [1.54, 1.807) is 0 Å². The average molecular weight is 301 g/mol. The van der Waals surface area contributed by atoms with Crippen LogP contribution in [0.15, 0.2) is 0 Å². The molecule has 2 rings (SSSR count). The second-order valence-corrected chi connectivity index (χ2v) is 6.06. The first kappa shape index (κ1) is 12.7. The van der Waals surface area contributed by atoms with Crippen molar-refractivity contribution < 1.29 is 17.9 Å². The van der Waals surface area contributed by atoms with Gasteiger partial charge in [-0.2, -0.15) is 13.2 Å². The number of ether oxygens (including phenoxy) is 1. The van der Waals surface area contributed by atoms with E-state index in [9.17, 15) is 13.2 Å². The molecule has 0 aromatic carbocycles. The van der Waals surface area contributed by atoms with Crippen LogP contribution in [0, 0.1) is 5.41 Å². The molecule has 2 aliphatic rings. The summed E-state index contributed by atoms with van der Waals surface area (Å²) in [5.41, 5.74) is -0.0144. The molecule has 5 heteroatoms. The van der Waals surface area contributed by atoms with Gasteiger partial charge < -0.3 is 4.74 Å². The normalized spacial score (nSPS) is 35.1. The molecule has 0 radical (unpaired) electrons. The third-order valence-electron chi connectivity index (χ3n) is 4.05. The van der Waals surface area contributed by atoms with Gasteiger partial charge in [0.25, 0.3) is 0 Å². The number of halogens is 4. The highest BCUT2D eigenvalue weighted by atomic mass is 79.9. The van der Waals surface area contributed by atoms with E-state index in [2.05, 4.69) is 15.9 Å². The zero-order valence-electron chi connectivity index (χ0n) is 9.19. The van der Waals surface area contributed by atoms with Crippen LogP contribution in [0.25, 0.3) is 0 Å². The standard InChI is InChI=1S/C11H16BrF3O/c1-7(11(13,14)15)16-9-6-8(12)10(9)4-2-3-5-10/h7-9H,2-6H2,1H3. The highest BCUT2D eigenvalue weighted by Gasteiger charge is 2.57. The minimum absolute atomic E-state index is 0.0144. The van der Waals surface area contributed by atoms with Crippen LogP contribution in [0.4, 0.5) is 13.2 Å². The Hall–Kier alpha value is 0.230. The van der Waals surface area contributed by atoms with E-state index in [1.165, 1.54) is 0 Å². The Kier molecular flexibility index (Phi) is 3.30. The van der Waals surface area contributed by atoms with Crippen molar-refractivity contribution in [3.05, 3.63) is 0 Å². The number of alkyl halides is 4. The fraction of sp³-hybridized carbons (Fsp3) is 1.00. The van der Waals surface area contributed by atoms with Crippen LogP contribution < -0.4 is 0 Å². The predicted octanol–water partition coefficient (Wildman–Crippen LogP) is 4.05. The van der Waals surface area contributed by atoms with E-state index in [4.69, 9.17) is 4.74 Å². The van der Waals surface area contributed by atoms with E-state index in [-0.39, 0.29) is 11.5 Å². The molecule has 0 saturated heterocycles. The van der Waals surface area contributed by atoms with Crippen molar-refractivity contribution in [1.82, 2.24) is 0 Å². The van der Waals surface area contributed by atoms with Gasteiger partial charge in [0.15, 0.2) is 6.10 Å². The maximum absolute atomic E-state index is 12.4. The molecule has 0 aromatic heterocycles. The highest BCUT2D eigenvalue weighted by Crippen LogP contribution is 2.58. The van der Waals surface area contributed by atoms with E-state index in [0.29, 0.717) is 11.2 Å². The molecule has 2 saturated carbocycles. The van der Waals surface area contributed by atoms with Crippen molar-refractivity contribution >= 4 is 15.9 Å². The van der Waals surface area contributed by atoms with Crippen LogP contribution in [-0.2, 0) is 4.74 Å². The van der Waals surface area contributed by atoms with Gasteiger partial charge in [0.2, 0.25) is 0 Å². The zero-order chi connectivity index (χ0) is 12.0. The van der Waals surface area contributed by atoms with Crippen molar-refractivity contribution in [3.63, 3.8) is 0 Å². The van der Waals surface area contributed by atoms with Gasteiger partial charge in [-0.1, -0.05) is 28.8 Å². The number of hydrogen-bond donors (Lipinski definition) is 0. The molecule has 16 heavy (non-hydrogen) atoms. The summed E-state index contributed by atoms with van der Waals surface area (Å²) in [6.07, 6.45) is -1.16. The van der Waals surface area contributed by atoms with Gasteiger partial charge in [-0.05, 0) is 26.2 Å². The minimum atomic E-state index is -4.24. The van der Waals surface area contributed by atoms with E-state index < -0.39 is 12.3 Å². The quantitative estimate of drug-likeness (QED) is 0.699. The third-order valence-corrected chi connectivity index (χ3v) is 5.34. The first-order chi connectivity index (χ1) is 7.36. The molecule has 2 aliphatic carbocycles. The van der Waals surface area contributed by atoms with Crippen molar-refractivity contribution in [1.29, 1.82) is 0 Å². The lowest BCUT2D eigenvalue weighted by molar-refractivity contribution is -0.252. The summed E-state index contributed by atoms with van der Waals surface area (Å²) in [4.78, 5) is 0.341. The van der Waals surface area contributed by atoms with Gasteiger partial charge in [-0.3, -0.25) is 0 Å². The van der Waals surface area contributed by atoms with E-state index in [1.807, 2.05) is 0 Å². The lowest BCUT2D eigenvalue weighted by Gasteiger charge is -2.52. The Balaban J connectivity index is 1.97. The minimum Gasteiger partial charge on any atom is -0.365 e. The molecule has 3 unspecified atom stereocenters. The summed E-state index contributed by atoms with van der Waals surface area (Å²) in [6, 6.07) is 0. The van der Waals surface area contributed by atoms with Crippen LogP contribution in [0.3, 0.4) is 0 Å². The van der Waals surface area contributed by atoms with Gasteiger partial charge in [-0.25, -0.2) is 0 Å². The number of hydrogen-bond acceptors (Lipinski definition) is 1. The second kappa shape index (κ2) is 4.16. The van der Waals surface area contributed by atoms with Crippen molar-refractivity contribution in [2.24, 2.45) is 5.41 Å². The van der Waals surface area contributed by atoms with Gasteiger partial charge in [0, 0.05) is 10.2 Å². The molecule has 0 amide bonds. The molecule has 2 fully saturated rings. The van der Waals surface area contributed by atoms with Crippen LogP contribution in [0.5, 0.6) is 0 Å². The summed E-state index contributed by atoms with van der Waals surface area (Å²) in [7, 11) is 0. The fourth-order valence-corrected chi connectivity index (χ4v) is 3.97. The molecule has 0 aliphatic heterocycles. The topological polar surface area (TPSA) is 9.23 Å². The molecule has 0 bridgehead atoms. The second-order valence-electron chi connectivity index (χ2n) is 4.95.